The van der Waals surface area contributed by atoms with E-state index in [0.29, 0.717) is 22.2 Å². The smallest absolute Gasteiger partial charge is 0.379 e. The topological polar surface area (TPSA) is 82.9 Å². The zero-order valence-electron chi connectivity index (χ0n) is 23.4. The number of primary sulfonamides is 1. The number of hydrogen-bond donors (Lipinski definition) is 1. The Morgan fingerprint density at radius 2 is 1.32 bits per heavy atom. The summed E-state index contributed by atoms with van der Waals surface area (Å²) in [4.78, 5) is -0.142. The van der Waals surface area contributed by atoms with Gasteiger partial charge in [-0.1, -0.05) is 65.8 Å². The second kappa shape index (κ2) is 10.7. The lowest BCUT2D eigenvalue weighted by atomic mass is 10.0. The molecule has 2 aromatic carbocycles. The third-order valence-electron chi connectivity index (χ3n) is 7.84. The van der Waals surface area contributed by atoms with Crippen molar-refractivity contribution in [2.24, 2.45) is 5.14 Å². The van der Waals surface area contributed by atoms with Gasteiger partial charge in [0.1, 0.15) is 0 Å². The van der Waals surface area contributed by atoms with Gasteiger partial charge in [0.2, 0.25) is 10.0 Å². The van der Waals surface area contributed by atoms with Crippen LogP contribution < -0.4 is 5.14 Å². The monoisotopic (exact) mass is 588 g/mol. The van der Waals surface area contributed by atoms with Gasteiger partial charge < -0.3 is 4.23 Å². The van der Waals surface area contributed by atoms with E-state index in [-0.39, 0.29) is 16.3 Å². The molecule has 0 amide bonds. The Bertz CT molecular complexity index is 1570. The predicted molar refractivity (Wildman–Crippen MR) is 155 cm³/mol. The molecule has 0 aliphatic rings. The number of nitrogens with two attached hydrogens (primary N) is 1. The largest absolute Gasteiger partial charge is 0.435 e. The molecule has 0 saturated heterocycles. The van der Waals surface area contributed by atoms with Crippen LogP contribution >= 0.6 is 0 Å². The highest BCUT2D eigenvalue weighted by molar-refractivity contribution is 7.89. The quantitative estimate of drug-likeness (QED) is 0.214. The van der Waals surface area contributed by atoms with Crippen LogP contribution in [-0.2, 0) is 16.2 Å². The summed E-state index contributed by atoms with van der Waals surface area (Å²) in [5.41, 5.74) is 3.62. The first-order chi connectivity index (χ1) is 18.6. The van der Waals surface area contributed by atoms with Gasteiger partial charge in [-0.3, -0.25) is 0 Å². The molecule has 214 valence electrons. The fourth-order valence-electron chi connectivity index (χ4n) is 6.24. The van der Waals surface area contributed by atoms with Crippen LogP contribution in [0.2, 0.25) is 16.6 Å². The minimum Gasteiger partial charge on any atom is -0.379 e. The summed E-state index contributed by atoms with van der Waals surface area (Å²) in [6, 6.07) is 15.7. The van der Waals surface area contributed by atoms with E-state index in [0.717, 1.165) is 21.9 Å². The standard InChI is InChI=1S/C29H35F3N4O2SSi/c1-19(2)40(20(3)4,21(5)6)35-16-15-24(18-35)22-7-9-23(10-8-22)27-17-28(29(30,31)32)34-36(27)25-11-13-26(14-12-25)39(33,37)38/h7-21H,1-6H3,(H2,33,37,38). The number of halogens is 3. The Morgan fingerprint density at radius 1 is 0.800 bits per heavy atom. The van der Waals surface area contributed by atoms with E-state index in [1.54, 1.807) is 12.1 Å². The molecule has 2 heterocycles. The zero-order valence-corrected chi connectivity index (χ0v) is 25.3. The highest BCUT2D eigenvalue weighted by atomic mass is 32.2. The lowest BCUT2D eigenvalue weighted by Crippen LogP contribution is -2.51. The molecule has 0 bridgehead atoms. The molecule has 0 spiro atoms. The molecule has 2 N–H and O–H groups in total. The number of nitrogens with zero attached hydrogens (tertiary/aromatic N) is 3. The number of sulfonamides is 1. The van der Waals surface area contributed by atoms with Gasteiger partial charge in [-0.2, -0.15) is 18.3 Å². The van der Waals surface area contributed by atoms with Gasteiger partial charge in [0.15, 0.2) is 13.9 Å². The second-order valence-electron chi connectivity index (χ2n) is 11.1. The third kappa shape index (κ3) is 5.42. The summed E-state index contributed by atoms with van der Waals surface area (Å²) in [5, 5.41) is 8.95. The van der Waals surface area contributed by atoms with Crippen molar-refractivity contribution in [1.82, 2.24) is 14.0 Å². The molecule has 0 aliphatic heterocycles. The van der Waals surface area contributed by atoms with Crippen molar-refractivity contribution >= 4 is 18.3 Å². The van der Waals surface area contributed by atoms with Gasteiger partial charge in [-0.25, -0.2) is 18.2 Å². The number of aromatic nitrogens is 3. The molecule has 0 aliphatic carbocycles. The van der Waals surface area contributed by atoms with Crippen LogP contribution in [0.25, 0.3) is 28.1 Å². The van der Waals surface area contributed by atoms with E-state index in [1.165, 1.54) is 24.3 Å². The van der Waals surface area contributed by atoms with Crippen LogP contribution in [0.1, 0.15) is 47.2 Å². The number of alkyl halides is 3. The van der Waals surface area contributed by atoms with Crippen LogP contribution in [-0.4, -0.2) is 30.7 Å². The van der Waals surface area contributed by atoms with Crippen LogP contribution in [0.4, 0.5) is 13.2 Å². The molecule has 0 unspecified atom stereocenters. The molecular weight excluding hydrogens is 553 g/mol. The molecule has 4 rings (SSSR count). The lowest BCUT2D eigenvalue weighted by Gasteiger charge is -2.44. The van der Waals surface area contributed by atoms with Crippen molar-refractivity contribution in [3.63, 3.8) is 0 Å². The van der Waals surface area contributed by atoms with E-state index in [2.05, 4.69) is 69.3 Å². The van der Waals surface area contributed by atoms with E-state index >= 15 is 0 Å². The summed E-state index contributed by atoms with van der Waals surface area (Å²) in [7, 11) is -5.85. The van der Waals surface area contributed by atoms with E-state index in [9.17, 15) is 21.6 Å². The maximum atomic E-state index is 13.6. The second-order valence-corrected chi connectivity index (χ2v) is 18.4. The van der Waals surface area contributed by atoms with Crippen LogP contribution in [0.15, 0.2) is 78.0 Å². The fraction of sp³-hybridized carbons (Fsp3) is 0.345. The number of rotatable bonds is 8. The first-order valence-electron chi connectivity index (χ1n) is 13.2. The first-order valence-corrected chi connectivity index (χ1v) is 16.9. The third-order valence-corrected chi connectivity index (χ3v) is 15.5. The predicted octanol–water partition coefficient (Wildman–Crippen LogP) is 7.70. The molecule has 40 heavy (non-hydrogen) atoms. The molecule has 0 atom stereocenters. The molecule has 11 heteroatoms. The van der Waals surface area contributed by atoms with Gasteiger partial charge in [-0.15, -0.1) is 0 Å². The minimum absolute atomic E-state index is 0.142. The van der Waals surface area contributed by atoms with Crippen molar-refractivity contribution in [2.75, 3.05) is 0 Å². The average molecular weight is 589 g/mol. The van der Waals surface area contributed by atoms with Gasteiger partial charge in [0.05, 0.1) is 16.3 Å². The Hall–Kier alpha value is -3.15. The van der Waals surface area contributed by atoms with E-state index in [4.69, 9.17) is 5.14 Å². The minimum atomic E-state index is -4.65. The maximum absolute atomic E-state index is 13.6. The Balaban J connectivity index is 1.74. The SMILES string of the molecule is CC(C)[Si](C(C)C)(C(C)C)n1ccc(-c2ccc(-c3cc(C(F)(F)F)nn3-c3ccc(S(N)(=O)=O)cc3)cc2)c1. The number of hydrogen-bond acceptors (Lipinski definition) is 3. The molecule has 0 radical (unpaired) electrons. The van der Waals surface area contributed by atoms with Crippen molar-refractivity contribution < 1.29 is 21.6 Å². The molecule has 0 fully saturated rings. The Kier molecular flexibility index (Phi) is 7.96. The Morgan fingerprint density at radius 3 is 1.80 bits per heavy atom. The van der Waals surface area contributed by atoms with Crippen molar-refractivity contribution in [2.45, 2.75) is 69.2 Å². The van der Waals surface area contributed by atoms with Gasteiger partial charge in [0.25, 0.3) is 0 Å². The molecular formula is C29H35F3N4O2SSi. The van der Waals surface area contributed by atoms with Gasteiger partial charge >= 0.3 is 6.18 Å². The van der Waals surface area contributed by atoms with Crippen molar-refractivity contribution in [3.05, 3.63) is 78.8 Å². The zero-order chi connectivity index (χ0) is 29.6. The van der Waals surface area contributed by atoms with E-state index < -0.39 is 30.1 Å². The number of benzene rings is 2. The highest BCUT2D eigenvalue weighted by Crippen LogP contribution is 2.43. The van der Waals surface area contributed by atoms with Gasteiger partial charge in [0, 0.05) is 11.8 Å². The summed E-state index contributed by atoms with van der Waals surface area (Å²) < 4.78 is 67.7. The Labute approximate surface area is 234 Å². The molecule has 2 aromatic heterocycles. The summed E-state index contributed by atoms with van der Waals surface area (Å²) in [6.07, 6.45) is -0.269. The first kappa shape index (κ1) is 29.8. The molecule has 4 aromatic rings. The summed E-state index contributed by atoms with van der Waals surface area (Å²) in [5.74, 6) is 0. The fourth-order valence-corrected chi connectivity index (χ4v) is 13.2. The van der Waals surface area contributed by atoms with Crippen LogP contribution in [0, 0.1) is 0 Å². The summed E-state index contributed by atoms with van der Waals surface area (Å²) >= 11 is 0. The van der Waals surface area contributed by atoms with E-state index in [1.807, 2.05) is 12.1 Å². The van der Waals surface area contributed by atoms with Crippen molar-refractivity contribution in [1.29, 1.82) is 0 Å². The highest BCUT2D eigenvalue weighted by Gasteiger charge is 2.45. The molecule has 6 nitrogen and oxygen atoms in total. The van der Waals surface area contributed by atoms with Crippen LogP contribution in [0.5, 0.6) is 0 Å². The van der Waals surface area contributed by atoms with Crippen LogP contribution in [0.3, 0.4) is 0 Å². The maximum Gasteiger partial charge on any atom is 0.435 e. The molecule has 0 saturated carbocycles. The normalized spacial score (nSPS) is 13.1. The van der Waals surface area contributed by atoms with Gasteiger partial charge in [-0.05, 0) is 70.3 Å². The summed E-state index contributed by atoms with van der Waals surface area (Å²) in [6.45, 7) is 13.8. The lowest BCUT2D eigenvalue weighted by molar-refractivity contribution is -0.141. The van der Waals surface area contributed by atoms with Crippen molar-refractivity contribution in [3.8, 4) is 28.1 Å². The average Bonchev–Trinajstić information content (AvgIpc) is 3.52.